The predicted octanol–water partition coefficient (Wildman–Crippen LogP) is -0.0604. The predicted molar refractivity (Wildman–Crippen MR) is 93.1 cm³/mol. The van der Waals surface area contributed by atoms with Gasteiger partial charge >= 0.3 is 0 Å². The summed E-state index contributed by atoms with van der Waals surface area (Å²) in [5, 5.41) is 7.75. The van der Waals surface area contributed by atoms with Crippen molar-refractivity contribution in [3.63, 3.8) is 0 Å². The number of primary sulfonamides is 1. The van der Waals surface area contributed by atoms with E-state index in [1.165, 1.54) is 11.1 Å². The maximum absolute atomic E-state index is 12.3. The number of fused-ring (bicyclic) bond motifs is 1. The van der Waals surface area contributed by atoms with Crippen LogP contribution >= 0.6 is 0 Å². The lowest BCUT2D eigenvalue weighted by atomic mass is 10.1. The van der Waals surface area contributed by atoms with E-state index in [1.54, 1.807) is 0 Å². The fourth-order valence-electron chi connectivity index (χ4n) is 3.67. The first-order valence-electron chi connectivity index (χ1n) is 8.48. The summed E-state index contributed by atoms with van der Waals surface area (Å²) in [4.78, 5) is 26.1. The lowest BCUT2D eigenvalue weighted by Crippen LogP contribution is -2.41. The van der Waals surface area contributed by atoms with Crippen LogP contribution in [0.5, 0.6) is 0 Å². The molecule has 1 aromatic rings. The van der Waals surface area contributed by atoms with Gasteiger partial charge in [0, 0.05) is 25.4 Å². The van der Waals surface area contributed by atoms with Crippen molar-refractivity contribution >= 4 is 21.8 Å². The van der Waals surface area contributed by atoms with Crippen LogP contribution in [0, 0.1) is 0 Å². The van der Waals surface area contributed by atoms with Gasteiger partial charge in [0.2, 0.25) is 21.8 Å². The van der Waals surface area contributed by atoms with Gasteiger partial charge in [-0.1, -0.05) is 24.3 Å². The molecule has 0 unspecified atom stereocenters. The maximum atomic E-state index is 12.3. The van der Waals surface area contributed by atoms with E-state index in [9.17, 15) is 18.0 Å². The fraction of sp³-hybridized carbons (Fsp3) is 0.529. The van der Waals surface area contributed by atoms with Gasteiger partial charge in [0.25, 0.3) is 0 Å². The van der Waals surface area contributed by atoms with E-state index in [2.05, 4.69) is 17.4 Å². The number of hydrogen-bond donors (Lipinski definition) is 2. The normalized spacial score (nSPS) is 20.8. The molecule has 1 aromatic carbocycles. The lowest BCUT2D eigenvalue weighted by Gasteiger charge is -2.24. The van der Waals surface area contributed by atoms with Crippen LogP contribution < -0.4 is 10.5 Å². The third-order valence-electron chi connectivity index (χ3n) is 4.83. The second kappa shape index (κ2) is 7.13. The number of likely N-dealkylation sites (tertiary alicyclic amines) is 1. The molecule has 2 aliphatic rings. The molecule has 136 valence electrons. The molecule has 1 atom stereocenters. The van der Waals surface area contributed by atoms with E-state index in [4.69, 9.17) is 5.14 Å². The number of carbonyl (C=O) groups is 2. The van der Waals surface area contributed by atoms with Gasteiger partial charge < -0.3 is 10.2 Å². The van der Waals surface area contributed by atoms with Gasteiger partial charge in [-0.15, -0.1) is 0 Å². The minimum Gasteiger partial charge on any atom is -0.351 e. The summed E-state index contributed by atoms with van der Waals surface area (Å²) in [6.07, 6.45) is 2.30. The minimum absolute atomic E-state index is 0.0626. The highest BCUT2D eigenvalue weighted by Crippen LogP contribution is 2.28. The zero-order chi connectivity index (χ0) is 18.0. The Labute approximate surface area is 147 Å². The van der Waals surface area contributed by atoms with E-state index in [1.807, 2.05) is 17.0 Å². The Morgan fingerprint density at radius 1 is 1.20 bits per heavy atom. The second-order valence-corrected chi connectivity index (χ2v) is 8.55. The Morgan fingerprint density at radius 3 is 2.44 bits per heavy atom. The van der Waals surface area contributed by atoms with Crippen molar-refractivity contribution in [3.05, 3.63) is 35.4 Å². The molecule has 1 fully saturated rings. The molecule has 2 amide bonds. The number of amides is 2. The first-order valence-corrected chi connectivity index (χ1v) is 10.2. The van der Waals surface area contributed by atoms with Crippen molar-refractivity contribution in [2.75, 3.05) is 12.3 Å². The van der Waals surface area contributed by atoms with Crippen LogP contribution in [0.2, 0.25) is 0 Å². The highest BCUT2D eigenvalue weighted by Gasteiger charge is 2.37. The molecule has 0 radical (unpaired) electrons. The molecule has 1 saturated heterocycles. The molecule has 3 rings (SSSR count). The van der Waals surface area contributed by atoms with Crippen LogP contribution in [0.4, 0.5) is 0 Å². The zero-order valence-corrected chi connectivity index (χ0v) is 14.8. The Balaban J connectivity index is 1.49. The third-order valence-corrected chi connectivity index (χ3v) is 5.68. The van der Waals surface area contributed by atoms with E-state index < -0.39 is 10.0 Å². The van der Waals surface area contributed by atoms with Gasteiger partial charge in [0.05, 0.1) is 11.8 Å². The highest BCUT2D eigenvalue weighted by molar-refractivity contribution is 7.89. The number of sulfonamides is 1. The SMILES string of the molecule is NS(=O)(=O)CCCC(=O)N[C@@H]1CC(=O)N(C2Cc3ccccc3C2)C1. The van der Waals surface area contributed by atoms with Crippen LogP contribution in [0.3, 0.4) is 0 Å². The number of nitrogens with zero attached hydrogens (tertiary/aromatic N) is 1. The van der Waals surface area contributed by atoms with Crippen molar-refractivity contribution in [2.24, 2.45) is 5.14 Å². The number of nitrogens with one attached hydrogen (secondary N) is 1. The number of carbonyl (C=O) groups excluding carboxylic acids is 2. The Kier molecular flexibility index (Phi) is 5.10. The van der Waals surface area contributed by atoms with E-state index in [0.717, 1.165) is 12.8 Å². The molecule has 1 aliphatic carbocycles. The molecule has 25 heavy (non-hydrogen) atoms. The van der Waals surface area contributed by atoms with Crippen LogP contribution in [0.15, 0.2) is 24.3 Å². The van der Waals surface area contributed by atoms with Crippen molar-refractivity contribution in [2.45, 2.75) is 44.2 Å². The summed E-state index contributed by atoms with van der Waals surface area (Å²) in [6.45, 7) is 0.512. The number of nitrogens with two attached hydrogens (primary N) is 1. The number of rotatable bonds is 6. The zero-order valence-electron chi connectivity index (χ0n) is 14.0. The number of benzene rings is 1. The maximum Gasteiger partial charge on any atom is 0.225 e. The molecule has 1 heterocycles. The average molecular weight is 365 g/mol. The van der Waals surface area contributed by atoms with Gasteiger partial charge in [-0.25, -0.2) is 13.6 Å². The minimum atomic E-state index is -3.54. The summed E-state index contributed by atoms with van der Waals surface area (Å²) in [5.41, 5.74) is 2.58. The Hall–Kier alpha value is -1.93. The molecule has 0 saturated carbocycles. The van der Waals surface area contributed by atoms with Crippen molar-refractivity contribution < 1.29 is 18.0 Å². The van der Waals surface area contributed by atoms with Gasteiger partial charge in [-0.2, -0.15) is 0 Å². The fourth-order valence-corrected chi connectivity index (χ4v) is 4.22. The quantitative estimate of drug-likeness (QED) is 0.736. The molecule has 8 heteroatoms. The van der Waals surface area contributed by atoms with E-state index >= 15 is 0 Å². The van der Waals surface area contributed by atoms with Crippen molar-refractivity contribution in [1.82, 2.24) is 10.2 Å². The molecule has 0 aromatic heterocycles. The molecule has 1 aliphatic heterocycles. The van der Waals surface area contributed by atoms with Gasteiger partial charge in [-0.05, 0) is 30.4 Å². The van der Waals surface area contributed by atoms with E-state index in [-0.39, 0.29) is 42.5 Å². The van der Waals surface area contributed by atoms with E-state index in [0.29, 0.717) is 13.0 Å². The molecule has 0 spiro atoms. The Bertz CT molecular complexity index is 753. The van der Waals surface area contributed by atoms with Crippen LogP contribution in [0.1, 0.15) is 30.4 Å². The molecule has 3 N–H and O–H groups in total. The summed E-state index contributed by atoms with van der Waals surface area (Å²) in [5.74, 6) is -0.387. The van der Waals surface area contributed by atoms with Gasteiger partial charge in [0.15, 0.2) is 0 Å². The molecule has 0 bridgehead atoms. The standard InChI is InChI=1S/C17H23N3O4S/c18-25(23,24)7-3-6-16(21)19-14-10-17(22)20(11-14)15-8-12-4-1-2-5-13(12)9-15/h1-2,4-5,14-15H,3,6-11H2,(H,19,21)(H2,18,23,24)/t14-/m1/s1. The Morgan fingerprint density at radius 2 is 1.84 bits per heavy atom. The van der Waals surface area contributed by atoms with Crippen LogP contribution in [0.25, 0.3) is 0 Å². The monoisotopic (exact) mass is 365 g/mol. The number of hydrogen-bond acceptors (Lipinski definition) is 4. The van der Waals surface area contributed by atoms with Gasteiger partial charge in [-0.3, -0.25) is 9.59 Å². The third kappa shape index (κ3) is 4.58. The lowest BCUT2D eigenvalue weighted by molar-refractivity contribution is -0.129. The summed E-state index contributed by atoms with van der Waals surface area (Å²) in [7, 11) is -3.54. The average Bonchev–Trinajstić information content (AvgIpc) is 3.08. The highest BCUT2D eigenvalue weighted by atomic mass is 32.2. The second-order valence-electron chi connectivity index (χ2n) is 6.82. The first-order chi connectivity index (χ1) is 11.8. The molecule has 7 nitrogen and oxygen atoms in total. The van der Waals surface area contributed by atoms with Crippen LogP contribution in [-0.4, -0.2) is 49.5 Å². The summed E-state index contributed by atoms with van der Waals surface area (Å²) >= 11 is 0. The van der Waals surface area contributed by atoms with Gasteiger partial charge in [0.1, 0.15) is 0 Å². The van der Waals surface area contributed by atoms with Crippen LogP contribution in [-0.2, 0) is 32.5 Å². The van der Waals surface area contributed by atoms with Crippen molar-refractivity contribution in [1.29, 1.82) is 0 Å². The smallest absolute Gasteiger partial charge is 0.225 e. The first kappa shape index (κ1) is 17.9. The molecular formula is C17H23N3O4S. The largest absolute Gasteiger partial charge is 0.351 e. The summed E-state index contributed by atoms with van der Waals surface area (Å²) < 4.78 is 21.8. The van der Waals surface area contributed by atoms with Crippen molar-refractivity contribution in [3.8, 4) is 0 Å². The summed E-state index contributed by atoms with van der Waals surface area (Å²) in [6, 6.07) is 8.17. The molecular weight excluding hydrogens is 342 g/mol. The topological polar surface area (TPSA) is 110 Å².